The third-order valence-electron chi connectivity index (χ3n) is 10.1. The zero-order chi connectivity index (χ0) is 40.2. The average molecular weight is 788 g/mol. The normalized spacial score (nSPS) is 19.2. The van der Waals surface area contributed by atoms with Gasteiger partial charge < -0.3 is 34.5 Å². The van der Waals surface area contributed by atoms with Gasteiger partial charge in [-0.1, -0.05) is 20.8 Å². The van der Waals surface area contributed by atoms with E-state index < -0.39 is 41.0 Å². The fourth-order valence-corrected chi connectivity index (χ4v) is 6.89. The van der Waals surface area contributed by atoms with Crippen LogP contribution in [0.1, 0.15) is 32.8 Å². The molecule has 15 nitrogen and oxygen atoms in total. The summed E-state index contributed by atoms with van der Waals surface area (Å²) in [6, 6.07) is 18.9. The molecule has 2 N–H and O–H groups in total. The minimum absolute atomic E-state index is 0.0181. The largest absolute Gasteiger partial charge is 0.491 e. The number of rotatable bonds is 14. The van der Waals surface area contributed by atoms with Crippen molar-refractivity contribution in [3.05, 3.63) is 113 Å². The maximum atomic E-state index is 14.9. The quantitative estimate of drug-likeness (QED) is 0.162. The molecule has 3 atom stereocenters. The summed E-state index contributed by atoms with van der Waals surface area (Å²) in [6.07, 6.45) is 3.34. The lowest BCUT2D eigenvalue weighted by atomic mass is 9.89. The lowest BCUT2D eigenvalue weighted by molar-refractivity contribution is -0.192. The molecule has 2 fully saturated rings. The van der Waals surface area contributed by atoms with E-state index in [1.807, 2.05) is 69.3 Å². The van der Waals surface area contributed by atoms with Gasteiger partial charge in [0.15, 0.2) is 0 Å². The Kier molecular flexibility index (Phi) is 11.7. The van der Waals surface area contributed by atoms with Crippen LogP contribution in [0.3, 0.4) is 0 Å². The molecule has 5 aromatic rings. The molecule has 2 saturated heterocycles. The highest BCUT2D eigenvalue weighted by Gasteiger charge is 2.46. The van der Waals surface area contributed by atoms with Crippen LogP contribution in [-0.2, 0) is 37.9 Å². The number of aromatic nitrogens is 6. The Bertz CT molecular complexity index is 2170. The van der Waals surface area contributed by atoms with E-state index in [9.17, 15) is 18.4 Å². The van der Waals surface area contributed by atoms with Crippen molar-refractivity contribution in [2.24, 2.45) is 11.1 Å². The number of esters is 1. The Balaban J connectivity index is 0.909. The summed E-state index contributed by atoms with van der Waals surface area (Å²) in [5.74, 6) is -2.76. The molecule has 57 heavy (non-hydrogen) atoms. The highest BCUT2D eigenvalue weighted by molar-refractivity contribution is 5.69. The van der Waals surface area contributed by atoms with Crippen LogP contribution in [0, 0.1) is 17.0 Å². The first kappa shape index (κ1) is 39.6. The SMILES string of the molecule is CC(C)(C)C(Cn1ncn(-c2ccc(N3CCN(c4ccc(OCC5CO[C@@](Cn6cncn6)(c6ccc(F)cc6F)O5)cc4)CC3)cc2)c1=O)OC(=O)CCN. The van der Waals surface area contributed by atoms with Crippen LogP contribution in [0.15, 0.2) is 90.5 Å². The van der Waals surface area contributed by atoms with E-state index in [2.05, 4.69) is 25.0 Å². The molecular weight excluding hydrogens is 740 g/mol. The van der Waals surface area contributed by atoms with Crippen LogP contribution in [-0.4, -0.2) is 93.2 Å². The van der Waals surface area contributed by atoms with Gasteiger partial charge in [0.1, 0.15) is 61.7 Å². The highest BCUT2D eigenvalue weighted by atomic mass is 19.1. The Hall–Kier alpha value is -5.65. The number of anilines is 2. The fraction of sp³-hybridized carbons (Fsp3) is 0.425. The second-order valence-corrected chi connectivity index (χ2v) is 15.2. The molecule has 2 unspecified atom stereocenters. The molecule has 4 heterocycles. The predicted octanol–water partition coefficient (Wildman–Crippen LogP) is 3.88. The summed E-state index contributed by atoms with van der Waals surface area (Å²) in [5, 5.41) is 8.41. The summed E-state index contributed by atoms with van der Waals surface area (Å²) in [6.45, 7) is 9.68. The third-order valence-corrected chi connectivity index (χ3v) is 10.1. The van der Waals surface area contributed by atoms with Gasteiger partial charge >= 0.3 is 11.7 Å². The van der Waals surface area contributed by atoms with Crippen molar-refractivity contribution in [3.8, 4) is 11.4 Å². The van der Waals surface area contributed by atoms with Crippen LogP contribution in [0.5, 0.6) is 5.75 Å². The first-order valence-electron chi connectivity index (χ1n) is 18.9. The van der Waals surface area contributed by atoms with E-state index >= 15 is 0 Å². The van der Waals surface area contributed by atoms with Crippen LogP contribution >= 0.6 is 0 Å². The molecule has 2 aromatic heterocycles. The van der Waals surface area contributed by atoms with Crippen LogP contribution in [0.2, 0.25) is 0 Å². The second-order valence-electron chi connectivity index (χ2n) is 15.2. The van der Waals surface area contributed by atoms with Crippen LogP contribution in [0.4, 0.5) is 20.2 Å². The zero-order valence-electron chi connectivity index (χ0n) is 32.2. The predicted molar refractivity (Wildman–Crippen MR) is 206 cm³/mol. The number of halogens is 2. The van der Waals surface area contributed by atoms with Gasteiger partial charge in [-0.05, 0) is 60.7 Å². The molecule has 17 heteroatoms. The molecule has 0 amide bonds. The topological polar surface area (TPSA) is 157 Å². The number of ether oxygens (including phenoxy) is 4. The molecule has 3 aromatic carbocycles. The Morgan fingerprint density at radius 2 is 1.61 bits per heavy atom. The monoisotopic (exact) mass is 787 g/mol. The van der Waals surface area contributed by atoms with Gasteiger partial charge in [-0.3, -0.25) is 4.79 Å². The number of hydrogen-bond acceptors (Lipinski definition) is 12. The number of hydrogen-bond donors (Lipinski definition) is 1. The molecule has 2 aliphatic rings. The molecule has 0 bridgehead atoms. The Morgan fingerprint density at radius 3 is 2.23 bits per heavy atom. The molecule has 2 aliphatic heterocycles. The number of nitrogens with two attached hydrogens (primary N) is 1. The summed E-state index contributed by atoms with van der Waals surface area (Å²) >= 11 is 0. The van der Waals surface area contributed by atoms with E-state index in [1.165, 1.54) is 45.0 Å². The minimum atomic E-state index is -1.53. The zero-order valence-corrected chi connectivity index (χ0v) is 32.2. The summed E-state index contributed by atoms with van der Waals surface area (Å²) in [5.41, 5.74) is 7.64. The summed E-state index contributed by atoms with van der Waals surface area (Å²) in [4.78, 5) is 34.0. The van der Waals surface area contributed by atoms with Crippen molar-refractivity contribution in [1.82, 2.24) is 29.1 Å². The Labute approximate surface area is 328 Å². The molecular formula is C40H47F2N9O6. The lowest BCUT2D eigenvalue weighted by Gasteiger charge is -2.37. The Morgan fingerprint density at radius 1 is 0.947 bits per heavy atom. The van der Waals surface area contributed by atoms with Gasteiger partial charge in [-0.15, -0.1) is 0 Å². The van der Waals surface area contributed by atoms with Crippen LogP contribution in [0.25, 0.3) is 5.69 Å². The number of piperazine rings is 1. The second kappa shape index (κ2) is 16.8. The first-order chi connectivity index (χ1) is 27.4. The van der Waals surface area contributed by atoms with Crippen molar-refractivity contribution in [2.45, 2.75) is 58.3 Å². The standard InChI is InChI=1S/C40H47F2N9O6/c1-39(2,3)36(56-37(52)14-15-43)21-51-38(53)50(27-46-51)31-7-5-29(6-8-31)47-16-18-48(19-17-47)30-9-11-32(12-10-30)54-22-33-23-55-40(57-33,24-49-26-44-25-45-49)34-13-4-28(41)20-35(34)42/h4-13,20,25-27,33,36H,14-19,21-24,43H2,1-3H3/t33?,36?,40-/m1/s1. The van der Waals surface area contributed by atoms with Gasteiger partial charge in [0.25, 0.3) is 0 Å². The minimum Gasteiger partial charge on any atom is -0.491 e. The third kappa shape index (κ3) is 9.16. The molecule has 7 rings (SSSR count). The number of nitrogens with zero attached hydrogens (tertiary/aromatic N) is 8. The number of carbonyl (C=O) groups is 1. The number of benzene rings is 3. The van der Waals surface area contributed by atoms with Gasteiger partial charge in [0.05, 0.1) is 25.3 Å². The molecule has 0 spiro atoms. The van der Waals surface area contributed by atoms with E-state index in [-0.39, 0.29) is 50.5 Å². The van der Waals surface area contributed by atoms with Gasteiger partial charge in [-0.2, -0.15) is 10.2 Å². The highest BCUT2D eigenvalue weighted by Crippen LogP contribution is 2.38. The maximum absolute atomic E-state index is 14.9. The van der Waals surface area contributed by atoms with Crippen molar-refractivity contribution < 1.29 is 32.5 Å². The van der Waals surface area contributed by atoms with E-state index in [4.69, 9.17) is 24.7 Å². The lowest BCUT2D eigenvalue weighted by Crippen LogP contribution is -2.46. The molecule has 0 aliphatic carbocycles. The fourth-order valence-electron chi connectivity index (χ4n) is 6.89. The first-order valence-corrected chi connectivity index (χ1v) is 18.9. The van der Waals surface area contributed by atoms with Crippen molar-refractivity contribution in [2.75, 3.05) is 55.7 Å². The maximum Gasteiger partial charge on any atom is 0.350 e. The molecule has 0 saturated carbocycles. The summed E-state index contributed by atoms with van der Waals surface area (Å²) < 4.78 is 56.9. The summed E-state index contributed by atoms with van der Waals surface area (Å²) in [7, 11) is 0. The van der Waals surface area contributed by atoms with E-state index in [1.54, 1.807) is 0 Å². The van der Waals surface area contributed by atoms with Crippen molar-refractivity contribution in [1.29, 1.82) is 0 Å². The average Bonchev–Trinajstić information content (AvgIpc) is 3.95. The van der Waals surface area contributed by atoms with Crippen molar-refractivity contribution in [3.63, 3.8) is 0 Å². The van der Waals surface area contributed by atoms with Crippen molar-refractivity contribution >= 4 is 17.3 Å². The van der Waals surface area contributed by atoms with Gasteiger partial charge in [-0.25, -0.2) is 32.5 Å². The van der Waals surface area contributed by atoms with E-state index in [0.29, 0.717) is 11.4 Å². The van der Waals surface area contributed by atoms with Crippen LogP contribution < -0.4 is 26.0 Å². The van der Waals surface area contributed by atoms with Gasteiger partial charge in [0.2, 0.25) is 5.79 Å². The number of carbonyl (C=O) groups excluding carboxylic acids is 1. The van der Waals surface area contributed by atoms with E-state index in [0.717, 1.165) is 43.6 Å². The van der Waals surface area contributed by atoms with Gasteiger partial charge in [0, 0.05) is 61.1 Å². The molecule has 302 valence electrons. The molecule has 0 radical (unpaired) electrons. The smallest absolute Gasteiger partial charge is 0.350 e.